The first-order chi connectivity index (χ1) is 12.3. The normalized spacial score (nSPS) is 16.6. The highest BCUT2D eigenvalue weighted by molar-refractivity contribution is 5.27. The van der Waals surface area contributed by atoms with Crippen molar-refractivity contribution in [2.24, 2.45) is 0 Å². The molecule has 0 aliphatic heterocycles. The Morgan fingerprint density at radius 2 is 2.20 bits per heavy atom. The van der Waals surface area contributed by atoms with Crippen molar-refractivity contribution in [3.8, 4) is 0 Å². The second kappa shape index (κ2) is 7.07. The summed E-state index contributed by atoms with van der Waals surface area (Å²) in [5.41, 5.74) is 3.53. The first kappa shape index (κ1) is 15.8. The predicted octanol–water partition coefficient (Wildman–Crippen LogP) is 2.53. The largest absolute Gasteiger partial charge is 0.468 e. The Kier molecular flexibility index (Phi) is 4.48. The van der Waals surface area contributed by atoms with E-state index in [0.29, 0.717) is 12.6 Å². The molecule has 5 nitrogen and oxygen atoms in total. The third-order valence-electron chi connectivity index (χ3n) is 4.79. The van der Waals surface area contributed by atoms with Gasteiger partial charge in [-0.25, -0.2) is 0 Å². The summed E-state index contributed by atoms with van der Waals surface area (Å²) in [5.74, 6) is 0.951. The Labute approximate surface area is 146 Å². The zero-order valence-electron chi connectivity index (χ0n) is 14.0. The second-order valence-corrected chi connectivity index (χ2v) is 6.49. The molecule has 0 aromatic carbocycles. The summed E-state index contributed by atoms with van der Waals surface area (Å²) < 4.78 is 7.28. The van der Waals surface area contributed by atoms with E-state index in [1.807, 2.05) is 41.1 Å². The van der Waals surface area contributed by atoms with E-state index in [1.54, 1.807) is 18.5 Å². The lowest BCUT2D eigenvalue weighted by molar-refractivity contribution is 0.408. The second-order valence-electron chi connectivity index (χ2n) is 6.49. The van der Waals surface area contributed by atoms with E-state index in [-0.39, 0.29) is 5.56 Å². The molecule has 1 aliphatic carbocycles. The molecule has 0 unspecified atom stereocenters. The van der Waals surface area contributed by atoms with Crippen LogP contribution in [-0.2, 0) is 25.9 Å². The number of hydrogen-bond donors (Lipinski definition) is 1. The van der Waals surface area contributed by atoms with Gasteiger partial charge in [0.15, 0.2) is 0 Å². The molecule has 0 bridgehead atoms. The number of nitrogens with zero attached hydrogens (tertiary/aromatic N) is 2. The van der Waals surface area contributed by atoms with E-state index in [9.17, 15) is 4.79 Å². The minimum absolute atomic E-state index is 0.0598. The molecule has 3 aromatic rings. The minimum Gasteiger partial charge on any atom is -0.468 e. The molecule has 128 valence electrons. The topological polar surface area (TPSA) is 60.1 Å². The number of hydrogen-bond acceptors (Lipinski definition) is 4. The highest BCUT2D eigenvalue weighted by Crippen LogP contribution is 2.21. The average molecular weight is 335 g/mol. The van der Waals surface area contributed by atoms with Gasteiger partial charge in [0.2, 0.25) is 0 Å². The van der Waals surface area contributed by atoms with Crippen molar-refractivity contribution >= 4 is 0 Å². The minimum atomic E-state index is 0.0598. The van der Waals surface area contributed by atoms with Crippen molar-refractivity contribution in [1.29, 1.82) is 0 Å². The van der Waals surface area contributed by atoms with E-state index in [0.717, 1.165) is 42.8 Å². The quantitative estimate of drug-likeness (QED) is 0.778. The van der Waals surface area contributed by atoms with Crippen LogP contribution in [0.1, 0.15) is 29.0 Å². The van der Waals surface area contributed by atoms with Crippen LogP contribution in [0.3, 0.4) is 0 Å². The molecule has 4 rings (SSSR count). The van der Waals surface area contributed by atoms with Crippen LogP contribution < -0.4 is 10.9 Å². The van der Waals surface area contributed by atoms with Crippen LogP contribution in [-0.4, -0.2) is 15.6 Å². The van der Waals surface area contributed by atoms with Gasteiger partial charge in [-0.2, -0.15) is 0 Å². The Hall–Kier alpha value is -2.66. The molecule has 0 amide bonds. The lowest BCUT2D eigenvalue weighted by Crippen LogP contribution is -2.37. The maximum atomic E-state index is 12.4. The summed E-state index contributed by atoms with van der Waals surface area (Å²) >= 11 is 0. The molecule has 5 heteroatoms. The first-order valence-corrected chi connectivity index (χ1v) is 8.66. The summed E-state index contributed by atoms with van der Waals surface area (Å²) in [6, 6.07) is 11.9. The monoisotopic (exact) mass is 335 g/mol. The highest BCUT2D eigenvalue weighted by atomic mass is 16.3. The molecule has 0 spiro atoms. The van der Waals surface area contributed by atoms with Gasteiger partial charge in [0, 0.05) is 30.2 Å². The van der Waals surface area contributed by atoms with Crippen molar-refractivity contribution in [2.45, 2.75) is 38.4 Å². The fourth-order valence-corrected chi connectivity index (χ4v) is 3.50. The lowest BCUT2D eigenvalue weighted by Gasteiger charge is -2.27. The van der Waals surface area contributed by atoms with E-state index in [2.05, 4.69) is 10.3 Å². The van der Waals surface area contributed by atoms with Crippen molar-refractivity contribution in [1.82, 2.24) is 14.9 Å². The fraction of sp³-hybridized carbons (Fsp3) is 0.300. The first-order valence-electron chi connectivity index (χ1n) is 8.66. The highest BCUT2D eigenvalue weighted by Gasteiger charge is 2.21. The summed E-state index contributed by atoms with van der Waals surface area (Å²) in [5, 5.41) is 3.56. The molecule has 0 radical (unpaired) electrons. The standard InChI is InChI=1S/C20H21N3O2/c24-20-8-5-16-11-17(22-13-18-4-2-10-25-18)6-7-19(16)23(20)14-15-3-1-9-21-12-15/h1-5,8-10,12,17,22H,6-7,11,13-14H2/t17-/m0/s1. The zero-order chi connectivity index (χ0) is 17.1. The Balaban J connectivity index is 1.51. The number of nitrogens with one attached hydrogen (secondary N) is 1. The summed E-state index contributed by atoms with van der Waals surface area (Å²) in [4.78, 5) is 16.5. The SMILES string of the molecule is O=c1ccc2c(n1Cc1cccnc1)CC[C@H](NCc1ccco1)C2. The summed E-state index contributed by atoms with van der Waals surface area (Å²) in [6.07, 6.45) is 8.13. The molecule has 0 saturated heterocycles. The lowest BCUT2D eigenvalue weighted by atomic mass is 9.91. The molecule has 1 N–H and O–H groups in total. The van der Waals surface area contributed by atoms with Gasteiger partial charge in [0.1, 0.15) is 5.76 Å². The van der Waals surface area contributed by atoms with Gasteiger partial charge < -0.3 is 14.3 Å². The van der Waals surface area contributed by atoms with Crippen LogP contribution in [0, 0.1) is 0 Å². The number of fused-ring (bicyclic) bond motifs is 1. The van der Waals surface area contributed by atoms with Crippen LogP contribution in [0.25, 0.3) is 0 Å². The third-order valence-corrected chi connectivity index (χ3v) is 4.79. The molecular weight excluding hydrogens is 314 g/mol. The van der Waals surface area contributed by atoms with Gasteiger partial charge in [-0.3, -0.25) is 9.78 Å². The molecule has 1 aliphatic rings. The fourth-order valence-electron chi connectivity index (χ4n) is 3.50. The Morgan fingerprint density at radius 1 is 1.24 bits per heavy atom. The number of rotatable bonds is 5. The van der Waals surface area contributed by atoms with Crippen LogP contribution in [0.4, 0.5) is 0 Å². The molecule has 1 atom stereocenters. The van der Waals surface area contributed by atoms with E-state index >= 15 is 0 Å². The number of aromatic nitrogens is 2. The van der Waals surface area contributed by atoms with Gasteiger partial charge in [-0.15, -0.1) is 0 Å². The van der Waals surface area contributed by atoms with Crippen molar-refractivity contribution in [3.05, 3.63) is 88.0 Å². The van der Waals surface area contributed by atoms with Crippen LogP contribution in [0.15, 0.2) is 64.3 Å². The molecule has 0 saturated carbocycles. The number of furan rings is 1. The van der Waals surface area contributed by atoms with Gasteiger partial charge in [-0.1, -0.05) is 12.1 Å². The molecular formula is C20H21N3O2. The van der Waals surface area contributed by atoms with Crippen molar-refractivity contribution in [3.63, 3.8) is 0 Å². The zero-order valence-corrected chi connectivity index (χ0v) is 14.0. The van der Waals surface area contributed by atoms with Crippen LogP contribution in [0.2, 0.25) is 0 Å². The Morgan fingerprint density at radius 3 is 3.00 bits per heavy atom. The Bertz CT molecular complexity index is 885. The van der Waals surface area contributed by atoms with Gasteiger partial charge in [-0.05, 0) is 48.6 Å². The van der Waals surface area contributed by atoms with Gasteiger partial charge in [0.05, 0.1) is 19.4 Å². The number of pyridine rings is 2. The molecule has 0 fully saturated rings. The molecule has 3 heterocycles. The van der Waals surface area contributed by atoms with Gasteiger partial charge >= 0.3 is 0 Å². The summed E-state index contributed by atoms with van der Waals surface area (Å²) in [7, 11) is 0. The van der Waals surface area contributed by atoms with Crippen LogP contribution >= 0.6 is 0 Å². The molecule has 25 heavy (non-hydrogen) atoms. The average Bonchev–Trinajstić information content (AvgIpc) is 3.17. The van der Waals surface area contributed by atoms with Crippen LogP contribution in [0.5, 0.6) is 0 Å². The van der Waals surface area contributed by atoms with E-state index in [4.69, 9.17) is 4.42 Å². The van der Waals surface area contributed by atoms with E-state index in [1.165, 1.54) is 5.56 Å². The maximum Gasteiger partial charge on any atom is 0.251 e. The van der Waals surface area contributed by atoms with Crippen molar-refractivity contribution < 1.29 is 4.42 Å². The van der Waals surface area contributed by atoms with E-state index < -0.39 is 0 Å². The summed E-state index contributed by atoms with van der Waals surface area (Å²) in [6.45, 7) is 1.32. The smallest absolute Gasteiger partial charge is 0.251 e. The predicted molar refractivity (Wildman–Crippen MR) is 95.4 cm³/mol. The third kappa shape index (κ3) is 3.56. The maximum absolute atomic E-state index is 12.4. The molecule has 3 aromatic heterocycles. The van der Waals surface area contributed by atoms with Gasteiger partial charge in [0.25, 0.3) is 5.56 Å². The van der Waals surface area contributed by atoms with Crippen molar-refractivity contribution in [2.75, 3.05) is 0 Å².